The first-order valence-electron chi connectivity index (χ1n) is 8.02. The van der Waals surface area contributed by atoms with Crippen LogP contribution in [-0.2, 0) is 19.7 Å². The van der Waals surface area contributed by atoms with Crippen molar-refractivity contribution in [3.8, 4) is 11.5 Å². The fourth-order valence-corrected chi connectivity index (χ4v) is 3.10. The number of benzene rings is 2. The molecular formula is C20H20ClFNO2S-. The largest absolute Gasteiger partial charge is 1.00 e. The van der Waals surface area contributed by atoms with E-state index in [1.54, 1.807) is 30.6 Å². The number of hydrogen-bond donors (Lipinski definition) is 1. The summed E-state index contributed by atoms with van der Waals surface area (Å²) < 4.78 is 24.2. The molecule has 0 fully saturated rings. The maximum Gasteiger partial charge on any atom is 0.161 e. The van der Waals surface area contributed by atoms with Gasteiger partial charge < -0.3 is 27.2 Å². The molecule has 0 saturated heterocycles. The van der Waals surface area contributed by atoms with Crippen LogP contribution in [0.25, 0.3) is 0 Å². The van der Waals surface area contributed by atoms with E-state index >= 15 is 0 Å². The van der Waals surface area contributed by atoms with Crippen LogP contribution in [0, 0.1) is 5.82 Å². The van der Waals surface area contributed by atoms with E-state index in [-0.39, 0.29) is 18.2 Å². The Hall–Kier alpha value is -2.08. The third kappa shape index (κ3) is 5.73. The molecule has 0 aliphatic rings. The third-order valence-corrected chi connectivity index (χ3v) is 4.62. The number of hydrogen-bond acceptors (Lipinski definition) is 4. The fraction of sp³-hybridized carbons (Fsp3) is 0.200. The van der Waals surface area contributed by atoms with E-state index in [1.165, 1.54) is 17.0 Å². The summed E-state index contributed by atoms with van der Waals surface area (Å²) in [5.41, 5.74) is 2.03. The molecule has 0 spiro atoms. The molecule has 0 amide bonds. The Morgan fingerprint density at radius 3 is 2.42 bits per heavy atom. The molecule has 3 rings (SSSR count). The lowest BCUT2D eigenvalue weighted by Gasteiger charge is -2.13. The van der Waals surface area contributed by atoms with Crippen LogP contribution in [0.15, 0.2) is 60.0 Å². The van der Waals surface area contributed by atoms with E-state index in [0.29, 0.717) is 18.1 Å². The number of thiophene rings is 1. The predicted molar refractivity (Wildman–Crippen MR) is 98.6 cm³/mol. The molecular weight excluding hydrogens is 373 g/mol. The second-order valence-corrected chi connectivity index (χ2v) is 6.62. The molecule has 26 heavy (non-hydrogen) atoms. The zero-order chi connectivity index (χ0) is 17.5. The van der Waals surface area contributed by atoms with Gasteiger partial charge in [0.25, 0.3) is 0 Å². The summed E-state index contributed by atoms with van der Waals surface area (Å²) in [4.78, 5) is 1.31. The van der Waals surface area contributed by atoms with Gasteiger partial charge in [-0.1, -0.05) is 24.3 Å². The standard InChI is InChI=1S/C20H20FNO2S.ClH/c1-23-20-11-16(12-22-13-18-3-2-10-25-18)6-9-19(20)24-14-15-4-7-17(21)8-5-15;/h2-11,22H,12-14H2,1H3;1H/p-1. The van der Waals surface area contributed by atoms with E-state index in [1.807, 2.05) is 18.2 Å². The molecule has 0 unspecified atom stereocenters. The van der Waals surface area contributed by atoms with E-state index in [2.05, 4.69) is 22.8 Å². The van der Waals surface area contributed by atoms with Crippen LogP contribution in [0.3, 0.4) is 0 Å². The average Bonchev–Trinajstić information content (AvgIpc) is 3.15. The number of halogens is 2. The Bertz CT molecular complexity index is 794. The summed E-state index contributed by atoms with van der Waals surface area (Å²) >= 11 is 1.74. The van der Waals surface area contributed by atoms with Gasteiger partial charge in [0.1, 0.15) is 12.4 Å². The van der Waals surface area contributed by atoms with Crippen LogP contribution in [0.1, 0.15) is 16.0 Å². The average molecular weight is 393 g/mol. The van der Waals surface area contributed by atoms with E-state index in [0.717, 1.165) is 24.2 Å². The lowest BCUT2D eigenvalue weighted by atomic mass is 10.2. The van der Waals surface area contributed by atoms with Gasteiger partial charge in [-0.05, 0) is 46.8 Å². The van der Waals surface area contributed by atoms with Crippen molar-refractivity contribution < 1.29 is 26.3 Å². The fourth-order valence-electron chi connectivity index (χ4n) is 2.43. The quantitative estimate of drug-likeness (QED) is 0.633. The van der Waals surface area contributed by atoms with Crippen LogP contribution in [0.2, 0.25) is 0 Å². The Morgan fingerprint density at radius 2 is 1.73 bits per heavy atom. The molecule has 1 heterocycles. The van der Waals surface area contributed by atoms with E-state index < -0.39 is 0 Å². The third-order valence-electron chi connectivity index (χ3n) is 3.74. The molecule has 1 aromatic heterocycles. The normalized spacial score (nSPS) is 10.2. The summed E-state index contributed by atoms with van der Waals surface area (Å²) in [6.07, 6.45) is 0. The van der Waals surface area contributed by atoms with Crippen molar-refractivity contribution >= 4 is 11.3 Å². The topological polar surface area (TPSA) is 30.5 Å². The SMILES string of the molecule is COc1cc(CNCc2cccs2)ccc1OCc1ccc(F)cc1.[Cl-]. The van der Waals surface area contributed by atoms with Crippen LogP contribution < -0.4 is 27.2 Å². The number of methoxy groups -OCH3 is 1. The second-order valence-electron chi connectivity index (χ2n) is 5.58. The van der Waals surface area contributed by atoms with Gasteiger partial charge in [-0.2, -0.15) is 0 Å². The number of rotatable bonds is 8. The zero-order valence-electron chi connectivity index (χ0n) is 14.4. The smallest absolute Gasteiger partial charge is 0.161 e. The Labute approximate surface area is 163 Å². The minimum absolute atomic E-state index is 0. The molecule has 0 aliphatic heterocycles. The predicted octanol–water partition coefficient (Wildman–Crippen LogP) is 1.77. The van der Waals surface area contributed by atoms with E-state index in [4.69, 9.17) is 9.47 Å². The summed E-state index contributed by atoms with van der Waals surface area (Å²) in [6.45, 7) is 1.97. The molecule has 6 heteroatoms. The molecule has 1 N–H and O–H groups in total. The maximum atomic E-state index is 12.9. The summed E-state index contributed by atoms with van der Waals surface area (Å²) in [5, 5.41) is 5.49. The van der Waals surface area contributed by atoms with Crippen LogP contribution in [-0.4, -0.2) is 7.11 Å². The lowest BCUT2D eigenvalue weighted by Crippen LogP contribution is -3.00. The van der Waals surface area contributed by atoms with Gasteiger partial charge in [0, 0.05) is 18.0 Å². The first-order valence-corrected chi connectivity index (χ1v) is 8.90. The van der Waals surface area contributed by atoms with Crippen molar-refractivity contribution in [3.63, 3.8) is 0 Å². The highest BCUT2D eigenvalue weighted by atomic mass is 35.5. The summed E-state index contributed by atoms with van der Waals surface area (Å²) in [6, 6.07) is 16.4. The molecule has 0 saturated carbocycles. The zero-order valence-corrected chi connectivity index (χ0v) is 15.9. The Kier molecular flexibility index (Phi) is 7.91. The van der Waals surface area contributed by atoms with Crippen molar-refractivity contribution in [2.24, 2.45) is 0 Å². The monoisotopic (exact) mass is 392 g/mol. The Morgan fingerprint density at radius 1 is 0.962 bits per heavy atom. The minimum atomic E-state index is -0.249. The van der Waals surface area contributed by atoms with E-state index in [9.17, 15) is 4.39 Å². The van der Waals surface area contributed by atoms with Gasteiger partial charge in [-0.25, -0.2) is 4.39 Å². The molecule has 0 atom stereocenters. The van der Waals surface area contributed by atoms with Crippen molar-refractivity contribution in [1.82, 2.24) is 5.32 Å². The summed E-state index contributed by atoms with van der Waals surface area (Å²) in [5.74, 6) is 1.12. The molecule has 138 valence electrons. The van der Waals surface area contributed by atoms with Crippen LogP contribution in [0.5, 0.6) is 11.5 Å². The first kappa shape index (κ1) is 20.2. The van der Waals surface area contributed by atoms with Crippen LogP contribution in [0.4, 0.5) is 4.39 Å². The molecule has 3 nitrogen and oxygen atoms in total. The highest BCUT2D eigenvalue weighted by Crippen LogP contribution is 2.29. The maximum absolute atomic E-state index is 12.9. The second kappa shape index (κ2) is 10.2. The highest BCUT2D eigenvalue weighted by molar-refractivity contribution is 7.09. The molecule has 0 radical (unpaired) electrons. The minimum Gasteiger partial charge on any atom is -1.00 e. The summed E-state index contributed by atoms with van der Waals surface area (Å²) in [7, 11) is 1.63. The molecule has 0 aliphatic carbocycles. The molecule has 3 aromatic rings. The van der Waals surface area contributed by atoms with Gasteiger partial charge in [-0.15, -0.1) is 11.3 Å². The van der Waals surface area contributed by atoms with Crippen molar-refractivity contribution in [1.29, 1.82) is 0 Å². The van der Waals surface area contributed by atoms with Gasteiger partial charge in [-0.3, -0.25) is 0 Å². The van der Waals surface area contributed by atoms with Crippen molar-refractivity contribution in [3.05, 3.63) is 81.8 Å². The highest BCUT2D eigenvalue weighted by Gasteiger charge is 2.07. The lowest BCUT2D eigenvalue weighted by molar-refractivity contribution is -0.00000617. The van der Waals surface area contributed by atoms with Gasteiger partial charge in [0.2, 0.25) is 0 Å². The van der Waals surface area contributed by atoms with Crippen LogP contribution >= 0.6 is 11.3 Å². The number of nitrogens with one attached hydrogen (secondary N) is 1. The Balaban J connectivity index is 0.00000243. The molecule has 0 bridgehead atoms. The number of ether oxygens (including phenoxy) is 2. The van der Waals surface area contributed by atoms with Gasteiger partial charge in [0.15, 0.2) is 11.5 Å². The van der Waals surface area contributed by atoms with Crippen molar-refractivity contribution in [2.75, 3.05) is 7.11 Å². The molecule has 2 aromatic carbocycles. The van der Waals surface area contributed by atoms with Gasteiger partial charge in [0.05, 0.1) is 7.11 Å². The van der Waals surface area contributed by atoms with Gasteiger partial charge >= 0.3 is 0 Å². The first-order chi connectivity index (χ1) is 12.2. The van der Waals surface area contributed by atoms with Crippen molar-refractivity contribution in [2.45, 2.75) is 19.7 Å².